The number of hydrogen-bond acceptors (Lipinski definition) is 5. The van der Waals surface area contributed by atoms with Crippen molar-refractivity contribution >= 4 is 5.97 Å². The summed E-state index contributed by atoms with van der Waals surface area (Å²) in [6.45, 7) is 3.57. The Bertz CT molecular complexity index is 223. The van der Waals surface area contributed by atoms with Gasteiger partial charge in [0.15, 0.2) is 12.4 Å². The number of ether oxygens (including phenoxy) is 2. The summed E-state index contributed by atoms with van der Waals surface area (Å²) in [5, 5.41) is 9.84. The standard InChI is InChI=1S/C7H11NO4/c1-3-11-7(9)6-5(2)12-4-8(6)10/h10H,3-4H2,1-2H3. The molecule has 0 unspecified atom stereocenters. The van der Waals surface area contributed by atoms with Gasteiger partial charge in [-0.2, -0.15) is 0 Å². The van der Waals surface area contributed by atoms with Crippen molar-refractivity contribution in [2.24, 2.45) is 0 Å². The fourth-order valence-electron chi connectivity index (χ4n) is 0.921. The van der Waals surface area contributed by atoms with Crippen LogP contribution in [0.5, 0.6) is 0 Å². The molecule has 1 rings (SSSR count). The SMILES string of the molecule is CCOC(=O)C1=C(C)OCN1O. The molecular weight excluding hydrogens is 162 g/mol. The van der Waals surface area contributed by atoms with Crippen molar-refractivity contribution in [2.75, 3.05) is 13.3 Å². The van der Waals surface area contributed by atoms with Gasteiger partial charge in [0.1, 0.15) is 5.76 Å². The number of hydroxylamine groups is 2. The van der Waals surface area contributed by atoms with Gasteiger partial charge in [-0.25, -0.2) is 9.86 Å². The van der Waals surface area contributed by atoms with E-state index >= 15 is 0 Å². The van der Waals surface area contributed by atoms with Crippen molar-refractivity contribution in [3.05, 3.63) is 11.5 Å². The number of rotatable bonds is 2. The third-order valence-electron chi connectivity index (χ3n) is 1.46. The number of esters is 1. The number of allylic oxidation sites excluding steroid dienone is 1. The van der Waals surface area contributed by atoms with Crippen LogP contribution < -0.4 is 0 Å². The molecule has 5 nitrogen and oxygen atoms in total. The van der Waals surface area contributed by atoms with Gasteiger partial charge < -0.3 is 9.47 Å². The highest BCUT2D eigenvalue weighted by molar-refractivity contribution is 5.88. The van der Waals surface area contributed by atoms with Crippen molar-refractivity contribution < 1.29 is 19.5 Å². The van der Waals surface area contributed by atoms with E-state index < -0.39 is 5.97 Å². The van der Waals surface area contributed by atoms with Gasteiger partial charge in [0, 0.05) is 0 Å². The molecule has 1 aliphatic heterocycles. The van der Waals surface area contributed by atoms with Gasteiger partial charge in [-0.05, 0) is 13.8 Å². The summed E-state index contributed by atoms with van der Waals surface area (Å²) in [6.07, 6.45) is 0. The Kier molecular flexibility index (Phi) is 2.54. The van der Waals surface area contributed by atoms with Crippen molar-refractivity contribution in [3.8, 4) is 0 Å². The van der Waals surface area contributed by atoms with Crippen LogP contribution in [0.15, 0.2) is 11.5 Å². The molecule has 0 bridgehead atoms. The zero-order valence-electron chi connectivity index (χ0n) is 7.03. The highest BCUT2D eigenvalue weighted by atomic mass is 16.6. The summed E-state index contributed by atoms with van der Waals surface area (Å²) in [4.78, 5) is 11.1. The summed E-state index contributed by atoms with van der Waals surface area (Å²) in [6, 6.07) is 0. The predicted molar refractivity (Wildman–Crippen MR) is 38.9 cm³/mol. The van der Waals surface area contributed by atoms with Crippen molar-refractivity contribution in [1.82, 2.24) is 5.06 Å². The molecule has 0 aromatic rings. The smallest absolute Gasteiger partial charge is 0.360 e. The fraction of sp³-hybridized carbons (Fsp3) is 0.571. The Morgan fingerprint density at radius 1 is 1.83 bits per heavy atom. The average Bonchev–Trinajstić information content (AvgIpc) is 2.32. The molecule has 0 fully saturated rings. The number of nitrogens with zero attached hydrogens (tertiary/aromatic N) is 1. The molecule has 1 heterocycles. The quantitative estimate of drug-likeness (QED) is 0.615. The second kappa shape index (κ2) is 3.44. The first kappa shape index (κ1) is 8.86. The molecule has 68 valence electrons. The minimum atomic E-state index is -0.560. The first-order valence-corrected chi connectivity index (χ1v) is 3.64. The second-order valence-electron chi connectivity index (χ2n) is 2.30. The third-order valence-corrected chi connectivity index (χ3v) is 1.46. The summed E-state index contributed by atoms with van der Waals surface area (Å²) in [5.74, 6) is -0.175. The highest BCUT2D eigenvalue weighted by Crippen LogP contribution is 2.18. The van der Waals surface area contributed by atoms with E-state index in [9.17, 15) is 4.79 Å². The van der Waals surface area contributed by atoms with E-state index in [0.717, 1.165) is 5.06 Å². The molecule has 0 aromatic heterocycles. The van der Waals surface area contributed by atoms with Crippen molar-refractivity contribution in [3.63, 3.8) is 0 Å². The van der Waals surface area contributed by atoms with E-state index in [1.165, 1.54) is 0 Å². The third kappa shape index (κ3) is 1.50. The molecule has 0 saturated carbocycles. The molecule has 0 atom stereocenters. The molecule has 0 aromatic carbocycles. The normalized spacial score (nSPS) is 16.4. The van der Waals surface area contributed by atoms with Gasteiger partial charge in [-0.1, -0.05) is 0 Å². The Hall–Kier alpha value is -1.23. The van der Waals surface area contributed by atoms with Gasteiger partial charge >= 0.3 is 5.97 Å². The van der Waals surface area contributed by atoms with E-state index in [1.807, 2.05) is 0 Å². The van der Waals surface area contributed by atoms with Gasteiger partial charge in [-0.3, -0.25) is 5.21 Å². The van der Waals surface area contributed by atoms with Gasteiger partial charge in [-0.15, -0.1) is 0 Å². The largest absolute Gasteiger partial charge is 0.473 e. The highest BCUT2D eigenvalue weighted by Gasteiger charge is 2.27. The van der Waals surface area contributed by atoms with Gasteiger partial charge in [0.05, 0.1) is 6.61 Å². The van der Waals surface area contributed by atoms with E-state index in [0.29, 0.717) is 5.76 Å². The van der Waals surface area contributed by atoms with E-state index in [-0.39, 0.29) is 19.0 Å². The summed E-state index contributed by atoms with van der Waals surface area (Å²) < 4.78 is 9.59. The molecule has 1 N–H and O–H groups in total. The van der Waals surface area contributed by atoms with Crippen LogP contribution in [0, 0.1) is 0 Å². The Balaban J connectivity index is 2.72. The maximum absolute atomic E-state index is 11.1. The molecule has 1 aliphatic rings. The maximum Gasteiger partial charge on any atom is 0.360 e. The van der Waals surface area contributed by atoms with Crippen LogP contribution in [0.4, 0.5) is 0 Å². The Labute approximate surface area is 70.1 Å². The molecule has 0 amide bonds. The summed E-state index contributed by atoms with van der Waals surface area (Å²) >= 11 is 0. The molecule has 0 spiro atoms. The van der Waals surface area contributed by atoms with Crippen LogP contribution in [-0.2, 0) is 14.3 Å². The van der Waals surface area contributed by atoms with Crippen molar-refractivity contribution in [1.29, 1.82) is 0 Å². The summed E-state index contributed by atoms with van der Waals surface area (Å²) in [5.41, 5.74) is 0.0804. The minimum absolute atomic E-state index is 0.0139. The van der Waals surface area contributed by atoms with Crippen molar-refractivity contribution in [2.45, 2.75) is 13.8 Å². The molecule has 12 heavy (non-hydrogen) atoms. The first-order valence-electron chi connectivity index (χ1n) is 3.64. The fourth-order valence-corrected chi connectivity index (χ4v) is 0.921. The van der Waals surface area contributed by atoms with Crippen LogP contribution in [0.2, 0.25) is 0 Å². The zero-order chi connectivity index (χ0) is 9.14. The molecule has 0 aliphatic carbocycles. The lowest BCUT2D eigenvalue weighted by molar-refractivity contribution is -0.149. The van der Waals surface area contributed by atoms with Crippen LogP contribution in [0.1, 0.15) is 13.8 Å². The van der Waals surface area contributed by atoms with Gasteiger partial charge in [0.25, 0.3) is 0 Å². The Morgan fingerprint density at radius 2 is 2.50 bits per heavy atom. The van der Waals surface area contributed by atoms with Crippen LogP contribution in [0.25, 0.3) is 0 Å². The Morgan fingerprint density at radius 3 is 2.92 bits per heavy atom. The van der Waals surface area contributed by atoms with Gasteiger partial charge in [0.2, 0.25) is 0 Å². The molecular formula is C7H11NO4. The van der Waals surface area contributed by atoms with Crippen LogP contribution >= 0.6 is 0 Å². The monoisotopic (exact) mass is 173 g/mol. The van der Waals surface area contributed by atoms with E-state index in [1.54, 1.807) is 13.8 Å². The summed E-state index contributed by atoms with van der Waals surface area (Å²) in [7, 11) is 0. The minimum Gasteiger partial charge on any atom is -0.473 e. The topological polar surface area (TPSA) is 59.0 Å². The lowest BCUT2D eigenvalue weighted by atomic mass is 10.4. The second-order valence-corrected chi connectivity index (χ2v) is 2.30. The lowest BCUT2D eigenvalue weighted by Gasteiger charge is -2.08. The maximum atomic E-state index is 11.1. The van der Waals surface area contributed by atoms with Crippen LogP contribution in [-0.4, -0.2) is 29.6 Å². The molecule has 0 saturated heterocycles. The van der Waals surface area contributed by atoms with E-state index in [4.69, 9.17) is 9.94 Å². The number of carbonyl (C=O) groups is 1. The molecule has 0 radical (unpaired) electrons. The first-order chi connectivity index (χ1) is 5.66. The molecule has 5 heteroatoms. The van der Waals surface area contributed by atoms with Crippen LogP contribution in [0.3, 0.4) is 0 Å². The predicted octanol–water partition coefficient (Wildman–Crippen LogP) is 0.460. The van der Waals surface area contributed by atoms with E-state index in [2.05, 4.69) is 4.74 Å². The average molecular weight is 173 g/mol. The number of hydrogen-bond donors (Lipinski definition) is 1. The zero-order valence-corrected chi connectivity index (χ0v) is 7.03. The lowest BCUT2D eigenvalue weighted by Crippen LogP contribution is -2.22. The number of carbonyl (C=O) groups excluding carboxylic acids is 1.